The number of nitrogens with one attached hydrogen (secondary N) is 1. The van der Waals surface area contributed by atoms with Gasteiger partial charge < -0.3 is 39.4 Å². The van der Waals surface area contributed by atoms with Crippen molar-refractivity contribution in [1.82, 2.24) is 10.2 Å². The number of aliphatic hydroxyl groups is 3. The average Bonchev–Trinajstić information content (AvgIpc) is 3.07. The zero-order valence-electron chi connectivity index (χ0n) is 25.5. The Bertz CT molecular complexity index is 1930. The molecule has 4 N–H and O–H groups in total. The molecule has 0 bridgehead atoms. The van der Waals surface area contributed by atoms with Crippen molar-refractivity contribution in [3.8, 4) is 11.5 Å². The molecular formula is C34H31Cl2IN2O9. The number of benzene rings is 3. The molecule has 14 heteroatoms. The maximum absolute atomic E-state index is 14.4. The molecule has 252 valence electrons. The first-order valence-corrected chi connectivity index (χ1v) is 16.6. The summed E-state index contributed by atoms with van der Waals surface area (Å²) < 4.78 is 17.8. The first-order valence-electron chi connectivity index (χ1n) is 14.7. The van der Waals surface area contributed by atoms with Gasteiger partial charge in [0.15, 0.2) is 11.5 Å². The van der Waals surface area contributed by atoms with Crippen LogP contribution in [-0.4, -0.2) is 70.5 Å². The Kier molecular flexibility index (Phi) is 11.7. The second-order valence-electron chi connectivity index (χ2n) is 10.9. The lowest BCUT2D eigenvalue weighted by molar-refractivity contribution is -0.118. The highest BCUT2D eigenvalue weighted by Gasteiger charge is 2.42. The molecule has 0 saturated heterocycles. The van der Waals surface area contributed by atoms with E-state index >= 15 is 0 Å². The Morgan fingerprint density at radius 1 is 1.10 bits per heavy atom. The number of halogens is 3. The lowest BCUT2D eigenvalue weighted by Gasteiger charge is -2.40. The van der Waals surface area contributed by atoms with Crippen LogP contribution in [0.4, 0.5) is 0 Å². The predicted octanol–water partition coefficient (Wildman–Crippen LogP) is 4.46. The highest BCUT2D eigenvalue weighted by atomic mass is 127. The van der Waals surface area contributed by atoms with Crippen molar-refractivity contribution < 1.29 is 38.8 Å². The molecule has 0 aliphatic heterocycles. The lowest BCUT2D eigenvalue weighted by atomic mass is 9.87. The molecule has 3 unspecified atom stereocenters. The van der Waals surface area contributed by atoms with E-state index < -0.39 is 35.7 Å². The molecule has 5 rings (SSSR count). The quantitative estimate of drug-likeness (QED) is 0.127. The third-order valence-electron chi connectivity index (χ3n) is 7.83. The number of hydrogen-bond acceptors (Lipinski definition) is 9. The fraction of sp³-hybridized carbons (Fsp3) is 0.265. The minimum atomic E-state index is -1.44. The first-order chi connectivity index (χ1) is 23.0. The van der Waals surface area contributed by atoms with E-state index in [1.54, 1.807) is 48.5 Å². The van der Waals surface area contributed by atoms with Gasteiger partial charge in [-0.15, -0.1) is 0 Å². The van der Waals surface area contributed by atoms with Crippen LogP contribution in [0.2, 0.25) is 10.0 Å². The number of aliphatic hydroxyl groups excluding tert-OH is 3. The van der Waals surface area contributed by atoms with Gasteiger partial charge in [0.05, 0.1) is 29.9 Å². The van der Waals surface area contributed by atoms with E-state index in [-0.39, 0.29) is 60.4 Å². The van der Waals surface area contributed by atoms with Crippen molar-refractivity contribution in [2.75, 3.05) is 20.3 Å². The number of ether oxygens (including phenoxy) is 2. The molecule has 1 aliphatic carbocycles. The molecular weight excluding hydrogens is 778 g/mol. The average molecular weight is 809 g/mol. The summed E-state index contributed by atoms with van der Waals surface area (Å²) in [6, 6.07) is 15.0. The Labute approximate surface area is 298 Å². The van der Waals surface area contributed by atoms with Gasteiger partial charge in [0.1, 0.15) is 23.4 Å². The third-order valence-corrected chi connectivity index (χ3v) is 9.22. The van der Waals surface area contributed by atoms with Crippen molar-refractivity contribution in [1.29, 1.82) is 0 Å². The number of carbonyl (C=O) groups is 2. The molecule has 4 aromatic rings. The Balaban J connectivity index is 1.62. The Hall–Kier alpha value is -3.66. The summed E-state index contributed by atoms with van der Waals surface area (Å²) in [5.74, 6) is -0.816. The second kappa shape index (κ2) is 15.7. The van der Waals surface area contributed by atoms with Crippen LogP contribution in [0.3, 0.4) is 0 Å². The summed E-state index contributed by atoms with van der Waals surface area (Å²) in [6.07, 6.45) is -1.35. The van der Waals surface area contributed by atoms with Gasteiger partial charge in [0, 0.05) is 40.5 Å². The molecule has 0 radical (unpaired) electrons. The summed E-state index contributed by atoms with van der Waals surface area (Å²) >= 11 is 14.7. The van der Waals surface area contributed by atoms with Gasteiger partial charge >= 0.3 is 5.63 Å². The zero-order valence-corrected chi connectivity index (χ0v) is 29.2. The fourth-order valence-corrected chi connectivity index (χ4v) is 6.69. The van der Waals surface area contributed by atoms with Gasteiger partial charge in [-0.1, -0.05) is 47.5 Å². The molecule has 1 aliphatic rings. The van der Waals surface area contributed by atoms with Gasteiger partial charge in [-0.25, -0.2) is 4.79 Å². The number of nitrogens with zero attached hydrogens (tertiary/aromatic N) is 1. The second-order valence-corrected chi connectivity index (χ2v) is 12.9. The standard InChI is InChI=1S/C34H31Cl2IN2O9/c1-46-29-11-18(17-41)10-25(37)31(29)47-28-14-21(32(43)38-8-9-40)13-26(30(28)42)39(16-20-6-7-22(35)15-24(20)36)33(44)23-12-19-4-2-3-5-27(19)48-34(23)45/h2-7,10-12,14-15,26,28,30,40-42H,8-9,13,16-17H2,1H3,(H,38,43). The minimum Gasteiger partial charge on any atom is -0.493 e. The van der Waals surface area contributed by atoms with Crippen LogP contribution in [0, 0.1) is 3.57 Å². The monoisotopic (exact) mass is 808 g/mol. The highest BCUT2D eigenvalue weighted by Crippen LogP contribution is 2.38. The number of para-hydroxylation sites is 1. The topological polar surface area (TPSA) is 159 Å². The smallest absolute Gasteiger partial charge is 0.349 e. The lowest BCUT2D eigenvalue weighted by Crippen LogP contribution is -2.55. The van der Waals surface area contributed by atoms with E-state index in [0.717, 1.165) is 0 Å². The van der Waals surface area contributed by atoms with Crippen LogP contribution in [0.5, 0.6) is 11.5 Å². The minimum absolute atomic E-state index is 0.0373. The van der Waals surface area contributed by atoms with E-state index in [2.05, 4.69) is 5.32 Å². The molecule has 0 spiro atoms. The normalized spacial score (nSPS) is 17.5. The van der Waals surface area contributed by atoms with E-state index in [0.29, 0.717) is 30.7 Å². The predicted molar refractivity (Wildman–Crippen MR) is 187 cm³/mol. The maximum atomic E-state index is 14.4. The molecule has 48 heavy (non-hydrogen) atoms. The summed E-state index contributed by atoms with van der Waals surface area (Å²) in [4.78, 5) is 42.2. The van der Waals surface area contributed by atoms with Crippen LogP contribution < -0.4 is 20.4 Å². The number of fused-ring (bicyclic) bond motifs is 1. The number of carbonyl (C=O) groups excluding carboxylic acids is 2. The molecule has 1 aromatic heterocycles. The van der Waals surface area contributed by atoms with Crippen LogP contribution in [0.25, 0.3) is 11.0 Å². The van der Waals surface area contributed by atoms with Gasteiger partial charge in [-0.05, 0) is 76.2 Å². The maximum Gasteiger partial charge on any atom is 0.349 e. The molecule has 3 atom stereocenters. The zero-order chi connectivity index (χ0) is 34.5. The number of hydrogen-bond donors (Lipinski definition) is 4. The number of rotatable bonds is 11. The molecule has 3 aromatic carbocycles. The fourth-order valence-electron chi connectivity index (χ4n) is 5.43. The van der Waals surface area contributed by atoms with Crippen LogP contribution >= 0.6 is 45.8 Å². The van der Waals surface area contributed by atoms with Crippen LogP contribution in [0.1, 0.15) is 27.9 Å². The largest absolute Gasteiger partial charge is 0.493 e. The molecule has 2 amide bonds. The van der Waals surface area contributed by atoms with Crippen molar-refractivity contribution in [3.63, 3.8) is 0 Å². The highest BCUT2D eigenvalue weighted by molar-refractivity contribution is 14.1. The van der Waals surface area contributed by atoms with Gasteiger partial charge in [0.25, 0.3) is 5.91 Å². The number of amides is 2. The van der Waals surface area contributed by atoms with E-state index in [9.17, 15) is 29.7 Å². The Morgan fingerprint density at radius 2 is 1.88 bits per heavy atom. The molecule has 1 heterocycles. The summed E-state index contributed by atoms with van der Waals surface area (Å²) in [6.45, 7) is -0.782. The summed E-state index contributed by atoms with van der Waals surface area (Å²) in [7, 11) is 1.43. The van der Waals surface area contributed by atoms with E-state index in [4.69, 9.17) is 37.1 Å². The van der Waals surface area contributed by atoms with E-state index in [1.807, 2.05) is 22.6 Å². The third kappa shape index (κ3) is 7.80. The molecule has 0 fully saturated rings. The first kappa shape index (κ1) is 35.6. The van der Waals surface area contributed by atoms with Crippen molar-refractivity contribution in [2.24, 2.45) is 0 Å². The SMILES string of the molecule is COc1cc(CO)cc(I)c1OC1C=C(C(=O)NCCO)CC(N(Cc2ccc(Cl)cc2Cl)C(=O)c2cc3ccccc3oc2=O)C1O. The van der Waals surface area contributed by atoms with Gasteiger partial charge in [-0.2, -0.15) is 0 Å². The van der Waals surface area contributed by atoms with Crippen LogP contribution in [0.15, 0.2) is 81.5 Å². The van der Waals surface area contributed by atoms with Crippen LogP contribution in [-0.2, 0) is 17.9 Å². The molecule has 11 nitrogen and oxygen atoms in total. The van der Waals surface area contributed by atoms with Gasteiger partial charge in [0.2, 0.25) is 5.91 Å². The Morgan fingerprint density at radius 3 is 2.58 bits per heavy atom. The van der Waals surface area contributed by atoms with Crippen molar-refractivity contribution in [2.45, 2.75) is 37.8 Å². The number of methoxy groups -OCH3 is 1. The van der Waals surface area contributed by atoms with Crippen molar-refractivity contribution in [3.05, 3.63) is 113 Å². The summed E-state index contributed by atoms with van der Waals surface area (Å²) in [5, 5.41) is 34.7. The van der Waals surface area contributed by atoms with E-state index in [1.165, 1.54) is 30.2 Å². The summed E-state index contributed by atoms with van der Waals surface area (Å²) in [5.41, 5.74) is 0.301. The van der Waals surface area contributed by atoms with Gasteiger partial charge in [-0.3, -0.25) is 9.59 Å². The van der Waals surface area contributed by atoms with Crippen molar-refractivity contribution >= 4 is 68.6 Å². The molecule has 0 saturated carbocycles.